The molecule has 1 aliphatic rings. The second-order valence-corrected chi connectivity index (χ2v) is 6.28. The predicted octanol–water partition coefficient (Wildman–Crippen LogP) is 4.19. The minimum Gasteiger partial charge on any atom is -0.481 e. The number of para-hydroxylation sites is 1. The van der Waals surface area contributed by atoms with E-state index in [2.05, 4.69) is 4.74 Å². The topological polar surface area (TPSA) is 66.8 Å². The predicted molar refractivity (Wildman–Crippen MR) is 90.8 cm³/mol. The molecule has 1 heterocycles. The van der Waals surface area contributed by atoms with Crippen molar-refractivity contribution < 1.29 is 32.6 Å². The van der Waals surface area contributed by atoms with Crippen LogP contribution in [0.25, 0.3) is 0 Å². The van der Waals surface area contributed by atoms with Gasteiger partial charge in [0, 0.05) is 17.3 Å². The summed E-state index contributed by atoms with van der Waals surface area (Å²) in [5, 5.41) is 9.46. The molecule has 0 unspecified atom stereocenters. The van der Waals surface area contributed by atoms with Gasteiger partial charge in [0.1, 0.15) is 5.75 Å². The minimum absolute atomic E-state index is 0.181. The molecule has 142 valence electrons. The largest absolute Gasteiger partial charge is 0.573 e. The van der Waals surface area contributed by atoms with Crippen LogP contribution in [0.4, 0.5) is 18.9 Å². The molecule has 2 aromatic carbocycles. The van der Waals surface area contributed by atoms with E-state index in [1.165, 1.54) is 17.0 Å². The fourth-order valence-electron chi connectivity index (χ4n) is 3.29. The van der Waals surface area contributed by atoms with Crippen molar-refractivity contribution in [2.75, 3.05) is 4.90 Å². The summed E-state index contributed by atoms with van der Waals surface area (Å²) in [4.78, 5) is 26.0. The van der Waals surface area contributed by atoms with E-state index in [0.717, 1.165) is 12.1 Å². The normalized spacial score (nSPS) is 19.3. The number of carbonyl (C=O) groups excluding carboxylic acids is 1. The summed E-state index contributed by atoms with van der Waals surface area (Å²) in [7, 11) is 0. The van der Waals surface area contributed by atoms with E-state index in [4.69, 9.17) is 0 Å². The molecule has 8 heteroatoms. The average Bonchev–Trinajstić information content (AvgIpc) is 2.59. The Bertz CT molecular complexity index is 864. The van der Waals surface area contributed by atoms with E-state index in [1.807, 2.05) is 0 Å². The second kappa shape index (κ2) is 6.94. The molecule has 1 N–H and O–H groups in total. The van der Waals surface area contributed by atoms with Gasteiger partial charge in [0.2, 0.25) is 0 Å². The Morgan fingerprint density at radius 2 is 1.74 bits per heavy atom. The van der Waals surface area contributed by atoms with E-state index in [0.29, 0.717) is 11.3 Å². The SMILES string of the molecule is C[C@H]1C[C@H](C(=O)O)c2ccccc2N1C(=O)c1ccc(OC(F)(F)F)cc1. The first-order valence-electron chi connectivity index (χ1n) is 8.18. The second-order valence-electron chi connectivity index (χ2n) is 6.28. The van der Waals surface area contributed by atoms with Gasteiger partial charge in [-0.05, 0) is 49.2 Å². The van der Waals surface area contributed by atoms with Crippen molar-refractivity contribution >= 4 is 17.6 Å². The van der Waals surface area contributed by atoms with Gasteiger partial charge in [-0.1, -0.05) is 18.2 Å². The van der Waals surface area contributed by atoms with Gasteiger partial charge in [-0.3, -0.25) is 9.59 Å². The molecular formula is C19H16F3NO4. The summed E-state index contributed by atoms with van der Waals surface area (Å²) in [6, 6.07) is 11.0. The van der Waals surface area contributed by atoms with Crippen LogP contribution < -0.4 is 9.64 Å². The Morgan fingerprint density at radius 1 is 1.11 bits per heavy atom. The zero-order valence-corrected chi connectivity index (χ0v) is 14.2. The monoisotopic (exact) mass is 379 g/mol. The van der Waals surface area contributed by atoms with Gasteiger partial charge >= 0.3 is 12.3 Å². The molecule has 0 saturated heterocycles. The zero-order chi connectivity index (χ0) is 19.8. The number of carbonyl (C=O) groups is 2. The quantitative estimate of drug-likeness (QED) is 0.868. The number of carboxylic acids is 1. The summed E-state index contributed by atoms with van der Waals surface area (Å²) >= 11 is 0. The van der Waals surface area contributed by atoms with Gasteiger partial charge < -0.3 is 14.7 Å². The van der Waals surface area contributed by atoms with Crippen LogP contribution in [-0.2, 0) is 4.79 Å². The average molecular weight is 379 g/mol. The molecular weight excluding hydrogens is 363 g/mol. The molecule has 0 fully saturated rings. The Kier molecular flexibility index (Phi) is 4.82. The lowest BCUT2D eigenvalue weighted by atomic mass is 9.85. The molecule has 0 bridgehead atoms. The Balaban J connectivity index is 1.92. The number of aliphatic carboxylic acids is 1. The highest BCUT2D eigenvalue weighted by Crippen LogP contribution is 2.39. The number of nitrogens with zero attached hydrogens (tertiary/aromatic N) is 1. The van der Waals surface area contributed by atoms with Crippen LogP contribution in [-0.4, -0.2) is 29.4 Å². The molecule has 2 aromatic rings. The Labute approximate surface area is 153 Å². The van der Waals surface area contributed by atoms with E-state index < -0.39 is 29.9 Å². The lowest BCUT2D eigenvalue weighted by Gasteiger charge is -2.38. The number of alkyl halides is 3. The maximum atomic E-state index is 13.0. The summed E-state index contributed by atoms with van der Waals surface area (Å²) in [5.74, 6) is -2.52. The van der Waals surface area contributed by atoms with Crippen LogP contribution in [0.3, 0.4) is 0 Å². The molecule has 0 aliphatic carbocycles. The molecule has 2 atom stereocenters. The van der Waals surface area contributed by atoms with Gasteiger partial charge in [-0.25, -0.2) is 0 Å². The van der Waals surface area contributed by atoms with E-state index in [9.17, 15) is 27.9 Å². The van der Waals surface area contributed by atoms with Crippen LogP contribution >= 0.6 is 0 Å². The lowest BCUT2D eigenvalue weighted by molar-refractivity contribution is -0.274. The fraction of sp³-hybridized carbons (Fsp3) is 0.263. The van der Waals surface area contributed by atoms with E-state index in [1.54, 1.807) is 31.2 Å². The first-order valence-corrected chi connectivity index (χ1v) is 8.18. The maximum Gasteiger partial charge on any atom is 0.573 e. The van der Waals surface area contributed by atoms with Crippen molar-refractivity contribution in [3.8, 4) is 5.75 Å². The summed E-state index contributed by atoms with van der Waals surface area (Å²) < 4.78 is 40.6. The van der Waals surface area contributed by atoms with Crippen molar-refractivity contribution in [2.24, 2.45) is 0 Å². The molecule has 1 amide bonds. The number of ether oxygens (including phenoxy) is 1. The first-order chi connectivity index (χ1) is 12.7. The number of benzene rings is 2. The molecule has 0 aromatic heterocycles. The van der Waals surface area contributed by atoms with Crippen LogP contribution in [0.1, 0.15) is 35.2 Å². The lowest BCUT2D eigenvalue weighted by Crippen LogP contribution is -2.44. The summed E-state index contributed by atoms with van der Waals surface area (Å²) in [6.07, 6.45) is -4.56. The highest BCUT2D eigenvalue weighted by Gasteiger charge is 2.37. The minimum atomic E-state index is -4.81. The highest BCUT2D eigenvalue weighted by atomic mass is 19.4. The maximum absolute atomic E-state index is 13.0. The number of hydrogen-bond acceptors (Lipinski definition) is 3. The number of anilines is 1. The van der Waals surface area contributed by atoms with E-state index >= 15 is 0 Å². The smallest absolute Gasteiger partial charge is 0.481 e. The molecule has 1 aliphatic heterocycles. The zero-order valence-electron chi connectivity index (χ0n) is 14.2. The third-order valence-corrected chi connectivity index (χ3v) is 4.44. The van der Waals surface area contributed by atoms with Crippen molar-refractivity contribution in [3.05, 3.63) is 59.7 Å². The fourth-order valence-corrected chi connectivity index (χ4v) is 3.29. The number of rotatable bonds is 3. The summed E-state index contributed by atoms with van der Waals surface area (Å²) in [5.41, 5.74) is 1.21. The molecule has 27 heavy (non-hydrogen) atoms. The van der Waals surface area contributed by atoms with Crippen molar-refractivity contribution in [2.45, 2.75) is 31.7 Å². The first kappa shape index (κ1) is 18.8. The summed E-state index contributed by atoms with van der Waals surface area (Å²) in [6.45, 7) is 1.74. The molecule has 0 saturated carbocycles. The van der Waals surface area contributed by atoms with Gasteiger partial charge in [0.25, 0.3) is 5.91 Å². The number of hydrogen-bond donors (Lipinski definition) is 1. The van der Waals surface area contributed by atoms with E-state index in [-0.39, 0.29) is 18.0 Å². The van der Waals surface area contributed by atoms with Crippen LogP contribution in [0.5, 0.6) is 5.75 Å². The highest BCUT2D eigenvalue weighted by molar-refractivity contribution is 6.07. The molecule has 0 spiro atoms. The van der Waals surface area contributed by atoms with Crippen LogP contribution in [0, 0.1) is 0 Å². The van der Waals surface area contributed by atoms with Crippen molar-refractivity contribution in [3.63, 3.8) is 0 Å². The Hall–Kier alpha value is -3.03. The number of amides is 1. The van der Waals surface area contributed by atoms with Crippen LogP contribution in [0.15, 0.2) is 48.5 Å². The van der Waals surface area contributed by atoms with Crippen molar-refractivity contribution in [1.29, 1.82) is 0 Å². The van der Waals surface area contributed by atoms with Gasteiger partial charge in [0.15, 0.2) is 0 Å². The number of carboxylic acid groups (broad SMARTS) is 1. The Morgan fingerprint density at radius 3 is 2.33 bits per heavy atom. The molecule has 0 radical (unpaired) electrons. The molecule has 3 rings (SSSR count). The van der Waals surface area contributed by atoms with Crippen LogP contribution in [0.2, 0.25) is 0 Å². The molecule has 5 nitrogen and oxygen atoms in total. The third kappa shape index (κ3) is 3.89. The number of halogens is 3. The van der Waals surface area contributed by atoms with Gasteiger partial charge in [0.05, 0.1) is 5.92 Å². The van der Waals surface area contributed by atoms with Gasteiger partial charge in [-0.15, -0.1) is 13.2 Å². The standard InChI is InChI=1S/C19H16F3NO4/c1-11-10-15(18(25)26)14-4-2-3-5-16(14)23(11)17(24)12-6-8-13(9-7-12)27-19(20,21)22/h2-9,11,15H,10H2,1H3,(H,25,26)/t11-,15-/m0/s1. The third-order valence-electron chi connectivity index (χ3n) is 4.44. The van der Waals surface area contributed by atoms with Crippen molar-refractivity contribution in [1.82, 2.24) is 0 Å². The van der Waals surface area contributed by atoms with Gasteiger partial charge in [-0.2, -0.15) is 0 Å². The number of fused-ring (bicyclic) bond motifs is 1.